The molecular formula is C25H21Cl2FN4O2. The van der Waals surface area contributed by atoms with E-state index in [0.29, 0.717) is 21.3 Å². The average molecular weight is 499 g/mol. The maximum Gasteiger partial charge on any atom is 0.258 e. The molecule has 9 heteroatoms. The van der Waals surface area contributed by atoms with Crippen LogP contribution in [0.15, 0.2) is 60.7 Å². The summed E-state index contributed by atoms with van der Waals surface area (Å²) in [6.07, 6.45) is 2.00. The number of hydrogen-bond donors (Lipinski definition) is 3. The number of halogens is 3. The van der Waals surface area contributed by atoms with Gasteiger partial charge in [0.1, 0.15) is 11.7 Å². The number of benzene rings is 3. The van der Waals surface area contributed by atoms with Gasteiger partial charge in [-0.1, -0.05) is 29.3 Å². The fraction of sp³-hybridized carbons (Fsp3) is 0.160. The zero-order chi connectivity index (χ0) is 24.2. The molecule has 1 aliphatic heterocycles. The highest BCUT2D eigenvalue weighted by molar-refractivity contribution is 6.31. The van der Waals surface area contributed by atoms with Crippen molar-refractivity contribution < 1.29 is 14.0 Å². The minimum Gasteiger partial charge on any atom is -0.357 e. The molecule has 3 N–H and O–H groups in total. The van der Waals surface area contributed by atoms with Crippen LogP contribution in [0.3, 0.4) is 0 Å². The molecule has 2 amide bonds. The van der Waals surface area contributed by atoms with Crippen LogP contribution in [0.1, 0.15) is 39.1 Å². The summed E-state index contributed by atoms with van der Waals surface area (Å²) in [6, 6.07) is 15.0. The van der Waals surface area contributed by atoms with E-state index in [4.69, 9.17) is 28.6 Å². The Balaban J connectivity index is 1.53. The van der Waals surface area contributed by atoms with Gasteiger partial charge in [-0.25, -0.2) is 4.39 Å². The average Bonchev–Trinajstić information content (AvgIpc) is 3.36. The van der Waals surface area contributed by atoms with Crippen LogP contribution < -0.4 is 10.6 Å². The third-order valence-corrected chi connectivity index (χ3v) is 5.97. The van der Waals surface area contributed by atoms with Crippen LogP contribution in [-0.2, 0) is 0 Å². The van der Waals surface area contributed by atoms with E-state index in [1.165, 1.54) is 30.3 Å². The Morgan fingerprint density at radius 3 is 2.15 bits per heavy atom. The molecule has 0 aromatic heterocycles. The summed E-state index contributed by atoms with van der Waals surface area (Å²) in [5, 5.41) is 14.4. The molecule has 1 saturated heterocycles. The maximum absolute atomic E-state index is 14.8. The third-order valence-electron chi connectivity index (χ3n) is 5.49. The van der Waals surface area contributed by atoms with Crippen LogP contribution in [0.4, 0.5) is 15.8 Å². The van der Waals surface area contributed by atoms with Gasteiger partial charge in [-0.05, 0) is 67.4 Å². The first-order valence-electron chi connectivity index (χ1n) is 10.6. The Labute approximate surface area is 206 Å². The van der Waals surface area contributed by atoms with Crippen molar-refractivity contribution in [3.63, 3.8) is 0 Å². The summed E-state index contributed by atoms with van der Waals surface area (Å²) in [6.45, 7) is 1.53. The maximum atomic E-state index is 14.8. The van der Waals surface area contributed by atoms with Gasteiger partial charge in [-0.2, -0.15) is 0 Å². The third kappa shape index (κ3) is 5.38. The fourth-order valence-electron chi connectivity index (χ4n) is 3.70. The van der Waals surface area contributed by atoms with Crippen molar-refractivity contribution in [2.45, 2.75) is 12.8 Å². The second-order valence-electron chi connectivity index (χ2n) is 7.84. The molecule has 6 nitrogen and oxygen atoms in total. The Bertz CT molecular complexity index is 1260. The van der Waals surface area contributed by atoms with Gasteiger partial charge in [-0.15, -0.1) is 0 Å². The first kappa shape index (κ1) is 23.7. The molecule has 0 saturated carbocycles. The largest absolute Gasteiger partial charge is 0.357 e. The van der Waals surface area contributed by atoms with Crippen molar-refractivity contribution in [2.24, 2.45) is 0 Å². The number of rotatable bonds is 5. The second kappa shape index (κ2) is 10.2. The lowest BCUT2D eigenvalue weighted by Gasteiger charge is -2.19. The predicted molar refractivity (Wildman–Crippen MR) is 133 cm³/mol. The van der Waals surface area contributed by atoms with Gasteiger partial charge in [0, 0.05) is 34.4 Å². The van der Waals surface area contributed by atoms with E-state index >= 15 is 0 Å². The standard InChI is InChI=1S/C25H21Cl2FN4O2/c26-16-4-7-18(8-5-16)30-25(34)20-14-17(27)6-10-22(20)31-24(33)19-9-3-15(13-21(19)28)23(29)32-11-1-2-12-32/h3-10,13-14,29H,1-2,11-12H2,(H,30,34)(H,31,33). The minimum atomic E-state index is -0.750. The van der Waals surface area contributed by atoms with Crippen molar-refractivity contribution in [2.75, 3.05) is 23.7 Å². The summed E-state index contributed by atoms with van der Waals surface area (Å²) in [5.74, 6) is -1.74. The Hall–Kier alpha value is -3.42. The van der Waals surface area contributed by atoms with Crippen molar-refractivity contribution in [1.82, 2.24) is 4.90 Å². The zero-order valence-electron chi connectivity index (χ0n) is 18.0. The lowest BCUT2D eigenvalue weighted by atomic mass is 10.1. The van der Waals surface area contributed by atoms with Crippen LogP contribution in [0.5, 0.6) is 0 Å². The van der Waals surface area contributed by atoms with E-state index in [-0.39, 0.29) is 22.6 Å². The molecule has 0 aliphatic carbocycles. The van der Waals surface area contributed by atoms with Crippen molar-refractivity contribution >= 4 is 52.2 Å². The number of anilines is 2. The van der Waals surface area contributed by atoms with Crippen LogP contribution in [0.2, 0.25) is 10.0 Å². The molecule has 0 unspecified atom stereocenters. The number of hydrogen-bond acceptors (Lipinski definition) is 3. The first-order valence-corrected chi connectivity index (χ1v) is 11.4. The minimum absolute atomic E-state index is 0.114. The molecule has 0 atom stereocenters. The summed E-state index contributed by atoms with van der Waals surface area (Å²) in [5.41, 5.74) is 1.01. The normalized spacial score (nSPS) is 13.0. The number of carbonyl (C=O) groups excluding carboxylic acids is 2. The molecule has 3 aromatic rings. The number of nitrogens with zero attached hydrogens (tertiary/aromatic N) is 1. The van der Waals surface area contributed by atoms with Crippen LogP contribution >= 0.6 is 23.2 Å². The molecule has 1 fully saturated rings. The summed E-state index contributed by atoms with van der Waals surface area (Å²) in [7, 11) is 0. The van der Waals surface area contributed by atoms with Crippen molar-refractivity contribution in [1.29, 1.82) is 5.41 Å². The zero-order valence-corrected chi connectivity index (χ0v) is 19.5. The monoisotopic (exact) mass is 498 g/mol. The summed E-state index contributed by atoms with van der Waals surface area (Å²) in [4.78, 5) is 27.6. The van der Waals surface area contributed by atoms with Gasteiger partial charge in [0.2, 0.25) is 0 Å². The SMILES string of the molecule is N=C(c1ccc(C(=O)Nc2ccc(Cl)cc2C(=O)Nc2ccc(Cl)cc2)c(F)c1)N1CCCC1. The van der Waals surface area contributed by atoms with Gasteiger partial charge >= 0.3 is 0 Å². The molecule has 0 bridgehead atoms. The van der Waals surface area contributed by atoms with Gasteiger partial charge in [-0.3, -0.25) is 15.0 Å². The van der Waals surface area contributed by atoms with Crippen molar-refractivity contribution in [3.8, 4) is 0 Å². The molecule has 4 rings (SSSR count). The predicted octanol–water partition coefficient (Wildman–Crippen LogP) is 6.06. The number of likely N-dealkylation sites (tertiary alicyclic amines) is 1. The molecule has 1 heterocycles. The molecule has 174 valence electrons. The Kier molecular flexibility index (Phi) is 7.14. The van der Waals surface area contributed by atoms with E-state index in [1.54, 1.807) is 30.3 Å². The summed E-state index contributed by atoms with van der Waals surface area (Å²) >= 11 is 11.9. The van der Waals surface area contributed by atoms with E-state index < -0.39 is 17.6 Å². The van der Waals surface area contributed by atoms with E-state index in [9.17, 15) is 14.0 Å². The smallest absolute Gasteiger partial charge is 0.258 e. The number of carbonyl (C=O) groups is 2. The molecule has 0 radical (unpaired) electrons. The highest BCUT2D eigenvalue weighted by Crippen LogP contribution is 2.24. The molecule has 1 aliphatic rings. The van der Waals surface area contributed by atoms with E-state index in [1.807, 2.05) is 4.90 Å². The molecular weight excluding hydrogens is 478 g/mol. The molecule has 0 spiro atoms. The Morgan fingerprint density at radius 1 is 0.824 bits per heavy atom. The lowest BCUT2D eigenvalue weighted by Crippen LogP contribution is -2.28. The second-order valence-corrected chi connectivity index (χ2v) is 8.72. The quantitative estimate of drug-likeness (QED) is 0.295. The van der Waals surface area contributed by atoms with Gasteiger partial charge < -0.3 is 15.5 Å². The van der Waals surface area contributed by atoms with E-state index in [0.717, 1.165) is 25.9 Å². The van der Waals surface area contributed by atoms with Crippen molar-refractivity contribution in [3.05, 3.63) is 93.2 Å². The van der Waals surface area contributed by atoms with E-state index in [2.05, 4.69) is 10.6 Å². The number of amidine groups is 1. The van der Waals surface area contributed by atoms with Gasteiger partial charge in [0.15, 0.2) is 0 Å². The molecule has 34 heavy (non-hydrogen) atoms. The number of nitrogens with one attached hydrogen (secondary N) is 3. The van der Waals surface area contributed by atoms with Crippen LogP contribution in [0, 0.1) is 11.2 Å². The molecule has 3 aromatic carbocycles. The topological polar surface area (TPSA) is 85.3 Å². The highest BCUT2D eigenvalue weighted by Gasteiger charge is 2.21. The van der Waals surface area contributed by atoms with Crippen LogP contribution in [-0.4, -0.2) is 35.6 Å². The summed E-state index contributed by atoms with van der Waals surface area (Å²) < 4.78 is 14.8. The van der Waals surface area contributed by atoms with Gasteiger partial charge in [0.05, 0.1) is 16.8 Å². The van der Waals surface area contributed by atoms with Crippen LogP contribution in [0.25, 0.3) is 0 Å². The first-order chi connectivity index (χ1) is 16.3. The fourth-order valence-corrected chi connectivity index (χ4v) is 4.00. The number of amides is 2. The highest BCUT2D eigenvalue weighted by atomic mass is 35.5. The lowest BCUT2D eigenvalue weighted by molar-refractivity contribution is 0.102. The van der Waals surface area contributed by atoms with Gasteiger partial charge in [0.25, 0.3) is 11.8 Å². The Morgan fingerprint density at radius 2 is 1.47 bits per heavy atom.